The Morgan fingerprint density at radius 3 is 2.64 bits per heavy atom. The second-order valence-electron chi connectivity index (χ2n) is 7.91. The first-order valence-electron chi connectivity index (χ1n) is 9.97. The van der Waals surface area contributed by atoms with Crippen LogP contribution in [0.25, 0.3) is 0 Å². The smallest absolute Gasteiger partial charge is 0.187 e. The van der Waals surface area contributed by atoms with E-state index in [2.05, 4.69) is 0 Å². The molecule has 2 aliphatic heterocycles. The second kappa shape index (κ2) is 9.63. The van der Waals surface area contributed by atoms with E-state index in [9.17, 15) is 10.2 Å². The Morgan fingerprint density at radius 2 is 1.96 bits per heavy atom. The van der Waals surface area contributed by atoms with Gasteiger partial charge in [-0.3, -0.25) is 0 Å². The number of aliphatic hydroxyl groups is 2. The fourth-order valence-electron chi connectivity index (χ4n) is 3.50. The summed E-state index contributed by atoms with van der Waals surface area (Å²) in [6.07, 6.45) is -1.25. The van der Waals surface area contributed by atoms with Gasteiger partial charge in [0.25, 0.3) is 0 Å². The summed E-state index contributed by atoms with van der Waals surface area (Å²) in [5, 5.41) is 21.3. The van der Waals surface area contributed by atoms with E-state index in [0.717, 1.165) is 12.0 Å². The van der Waals surface area contributed by atoms with Crippen LogP contribution in [0.15, 0.2) is 30.3 Å². The molecule has 0 amide bonds. The van der Waals surface area contributed by atoms with Gasteiger partial charge < -0.3 is 33.9 Å². The molecule has 7 nitrogen and oxygen atoms in total. The number of ether oxygens (including phenoxy) is 5. The Labute approximate surface area is 166 Å². The van der Waals surface area contributed by atoms with E-state index in [4.69, 9.17) is 23.7 Å². The van der Waals surface area contributed by atoms with Crippen LogP contribution in [-0.2, 0) is 30.3 Å². The van der Waals surface area contributed by atoms with Crippen LogP contribution in [-0.4, -0.2) is 66.0 Å². The Morgan fingerprint density at radius 1 is 1.21 bits per heavy atom. The van der Waals surface area contributed by atoms with Crippen molar-refractivity contribution in [3.8, 4) is 0 Å². The quantitative estimate of drug-likeness (QED) is 0.695. The zero-order chi connectivity index (χ0) is 20.1. The van der Waals surface area contributed by atoms with E-state index in [1.165, 1.54) is 0 Å². The average molecular weight is 396 g/mol. The van der Waals surface area contributed by atoms with Crippen LogP contribution in [0.4, 0.5) is 0 Å². The average Bonchev–Trinajstić information content (AvgIpc) is 2.93. The van der Waals surface area contributed by atoms with Crippen molar-refractivity contribution in [1.29, 1.82) is 0 Å². The monoisotopic (exact) mass is 396 g/mol. The summed E-state index contributed by atoms with van der Waals surface area (Å²) in [5.74, 6) is 0. The summed E-state index contributed by atoms with van der Waals surface area (Å²) >= 11 is 0. The molecule has 28 heavy (non-hydrogen) atoms. The van der Waals surface area contributed by atoms with E-state index >= 15 is 0 Å². The van der Waals surface area contributed by atoms with Crippen molar-refractivity contribution in [2.24, 2.45) is 0 Å². The molecule has 0 unspecified atom stereocenters. The summed E-state index contributed by atoms with van der Waals surface area (Å²) < 4.78 is 28.6. The molecule has 0 aromatic heterocycles. The van der Waals surface area contributed by atoms with Gasteiger partial charge in [0.2, 0.25) is 0 Å². The van der Waals surface area contributed by atoms with Crippen LogP contribution < -0.4 is 0 Å². The van der Waals surface area contributed by atoms with E-state index in [-0.39, 0.29) is 37.8 Å². The fourth-order valence-corrected chi connectivity index (χ4v) is 3.50. The molecule has 2 saturated heterocycles. The first kappa shape index (κ1) is 21.6. The van der Waals surface area contributed by atoms with Crippen LogP contribution in [0.2, 0.25) is 0 Å². The maximum absolute atomic E-state index is 10.7. The maximum atomic E-state index is 10.7. The molecule has 0 bridgehead atoms. The van der Waals surface area contributed by atoms with Crippen LogP contribution in [0.3, 0.4) is 0 Å². The molecule has 1 aromatic rings. The minimum Gasteiger partial charge on any atom is -0.385 e. The third-order valence-electron chi connectivity index (χ3n) is 5.08. The summed E-state index contributed by atoms with van der Waals surface area (Å²) in [5.41, 5.74) is -0.500. The lowest BCUT2D eigenvalue weighted by Crippen LogP contribution is -2.50. The lowest BCUT2D eigenvalue weighted by molar-refractivity contribution is -0.269. The Hall–Kier alpha value is -1.06. The van der Waals surface area contributed by atoms with E-state index < -0.39 is 18.0 Å². The van der Waals surface area contributed by atoms with Gasteiger partial charge in [0.05, 0.1) is 38.1 Å². The molecule has 2 fully saturated rings. The molecular formula is C21H32O7. The zero-order valence-corrected chi connectivity index (χ0v) is 16.8. The van der Waals surface area contributed by atoms with Gasteiger partial charge in [0.1, 0.15) is 11.7 Å². The summed E-state index contributed by atoms with van der Waals surface area (Å²) in [4.78, 5) is 0. The highest BCUT2D eigenvalue weighted by Gasteiger charge is 2.50. The standard InChI is InChI=1S/C21H32O7/c1-14(2)26-18-10-9-17(15(3)27-18)28-20-19(22)21(23,13-25-20)12-24-11-16-7-5-4-6-8-16/h4-8,14-15,17-20,22-23H,9-13H2,1-3H3/t15-,17+,18+,19+,20+,21-/m0/s1. The van der Waals surface area contributed by atoms with Gasteiger partial charge in [-0.05, 0) is 32.8 Å². The summed E-state index contributed by atoms with van der Waals surface area (Å²) in [6.45, 7) is 6.13. The summed E-state index contributed by atoms with van der Waals surface area (Å²) in [6, 6.07) is 9.67. The SMILES string of the molecule is CC(C)O[C@H]1CC[C@@H](O[C@H]2OC[C@@](O)(COCc3ccccc3)[C@@H]2O)[C@H](C)O1. The van der Waals surface area contributed by atoms with Crippen molar-refractivity contribution in [3.63, 3.8) is 0 Å². The summed E-state index contributed by atoms with van der Waals surface area (Å²) in [7, 11) is 0. The predicted molar refractivity (Wildman–Crippen MR) is 101 cm³/mol. The molecule has 2 aliphatic rings. The number of rotatable bonds is 8. The fraction of sp³-hybridized carbons (Fsp3) is 0.714. The normalized spacial score (nSPS) is 36.1. The van der Waals surface area contributed by atoms with Crippen molar-refractivity contribution in [2.45, 2.75) is 82.8 Å². The van der Waals surface area contributed by atoms with Gasteiger partial charge in [-0.1, -0.05) is 30.3 Å². The number of benzene rings is 1. The molecule has 7 heteroatoms. The maximum Gasteiger partial charge on any atom is 0.187 e. The minimum atomic E-state index is -1.50. The highest BCUT2D eigenvalue weighted by molar-refractivity contribution is 5.13. The van der Waals surface area contributed by atoms with E-state index in [0.29, 0.717) is 13.0 Å². The van der Waals surface area contributed by atoms with Gasteiger partial charge in [0.15, 0.2) is 12.6 Å². The largest absolute Gasteiger partial charge is 0.385 e. The van der Waals surface area contributed by atoms with Crippen molar-refractivity contribution < 1.29 is 33.9 Å². The molecule has 0 spiro atoms. The first-order chi connectivity index (χ1) is 13.4. The molecule has 0 aliphatic carbocycles. The highest BCUT2D eigenvalue weighted by Crippen LogP contribution is 2.31. The van der Waals surface area contributed by atoms with Gasteiger partial charge in [0, 0.05) is 6.42 Å². The number of hydrogen-bond donors (Lipinski definition) is 2. The van der Waals surface area contributed by atoms with Crippen LogP contribution in [0.1, 0.15) is 39.2 Å². The molecule has 0 radical (unpaired) electrons. The second-order valence-corrected chi connectivity index (χ2v) is 7.91. The number of hydrogen-bond acceptors (Lipinski definition) is 7. The minimum absolute atomic E-state index is 0.0378. The highest BCUT2D eigenvalue weighted by atomic mass is 16.7. The first-order valence-corrected chi connectivity index (χ1v) is 9.97. The molecule has 0 saturated carbocycles. The van der Waals surface area contributed by atoms with Crippen molar-refractivity contribution >= 4 is 0 Å². The van der Waals surface area contributed by atoms with Gasteiger partial charge >= 0.3 is 0 Å². The van der Waals surface area contributed by atoms with Crippen LogP contribution >= 0.6 is 0 Å². The van der Waals surface area contributed by atoms with Gasteiger partial charge in [-0.25, -0.2) is 0 Å². The van der Waals surface area contributed by atoms with Gasteiger partial charge in [-0.15, -0.1) is 0 Å². The van der Waals surface area contributed by atoms with Crippen molar-refractivity contribution in [3.05, 3.63) is 35.9 Å². The van der Waals surface area contributed by atoms with Crippen molar-refractivity contribution in [2.75, 3.05) is 13.2 Å². The predicted octanol–water partition coefficient (Wildman–Crippen LogP) is 1.99. The van der Waals surface area contributed by atoms with E-state index in [1.807, 2.05) is 51.1 Å². The molecule has 2 N–H and O–H groups in total. The molecular weight excluding hydrogens is 364 g/mol. The number of aliphatic hydroxyl groups excluding tert-OH is 1. The molecule has 6 atom stereocenters. The molecule has 3 rings (SSSR count). The Kier molecular flexibility index (Phi) is 7.44. The molecule has 2 heterocycles. The Bertz CT molecular complexity index is 596. The zero-order valence-electron chi connectivity index (χ0n) is 16.8. The third kappa shape index (κ3) is 5.51. The molecule has 1 aromatic carbocycles. The lowest BCUT2D eigenvalue weighted by Gasteiger charge is -2.36. The van der Waals surface area contributed by atoms with Crippen LogP contribution in [0, 0.1) is 0 Å². The third-order valence-corrected chi connectivity index (χ3v) is 5.08. The topological polar surface area (TPSA) is 86.6 Å². The van der Waals surface area contributed by atoms with E-state index in [1.54, 1.807) is 0 Å². The Balaban J connectivity index is 1.46. The van der Waals surface area contributed by atoms with Crippen LogP contribution in [0.5, 0.6) is 0 Å². The molecule has 158 valence electrons. The lowest BCUT2D eigenvalue weighted by atomic mass is 10.0. The van der Waals surface area contributed by atoms with Crippen molar-refractivity contribution in [1.82, 2.24) is 0 Å². The van der Waals surface area contributed by atoms with Gasteiger partial charge in [-0.2, -0.15) is 0 Å².